The van der Waals surface area contributed by atoms with Crippen LogP contribution in [0.15, 0.2) is 48.5 Å². The summed E-state index contributed by atoms with van der Waals surface area (Å²) in [7, 11) is 0. The Kier molecular flexibility index (Phi) is 4.43. The van der Waals surface area contributed by atoms with Crippen LogP contribution in [0.4, 0.5) is 5.69 Å². The third-order valence-electron chi connectivity index (χ3n) is 6.54. The van der Waals surface area contributed by atoms with Crippen LogP contribution in [-0.2, 0) is 9.59 Å². The molecule has 5 nitrogen and oxygen atoms in total. The van der Waals surface area contributed by atoms with E-state index in [9.17, 15) is 14.4 Å². The topological polar surface area (TPSA) is 63.7 Å². The molecule has 0 spiro atoms. The molecule has 2 saturated carbocycles. The number of hydrogen-bond acceptors (Lipinski definition) is 4. The van der Waals surface area contributed by atoms with Gasteiger partial charge in [0, 0.05) is 16.7 Å². The number of amides is 2. The van der Waals surface area contributed by atoms with Gasteiger partial charge in [-0.05, 0) is 67.5 Å². The van der Waals surface area contributed by atoms with E-state index in [4.69, 9.17) is 16.3 Å². The first kappa shape index (κ1) is 18.4. The van der Waals surface area contributed by atoms with Crippen molar-refractivity contribution in [2.75, 3.05) is 11.5 Å². The predicted molar refractivity (Wildman–Crippen MR) is 108 cm³/mol. The number of ether oxygens (including phenoxy) is 1. The van der Waals surface area contributed by atoms with Crippen molar-refractivity contribution < 1.29 is 19.1 Å². The normalized spacial score (nSPS) is 27.4. The lowest BCUT2D eigenvalue weighted by atomic mass is 9.81. The fraction of sp³-hybridized carbons (Fsp3) is 0.348. The van der Waals surface area contributed by atoms with Gasteiger partial charge in [-0.15, -0.1) is 0 Å². The molecule has 2 bridgehead atoms. The van der Waals surface area contributed by atoms with Crippen molar-refractivity contribution >= 4 is 34.9 Å². The highest BCUT2D eigenvalue weighted by atomic mass is 35.5. The van der Waals surface area contributed by atoms with E-state index in [0.717, 1.165) is 19.3 Å². The van der Waals surface area contributed by atoms with E-state index in [1.54, 1.807) is 48.5 Å². The maximum Gasteiger partial charge on any atom is 0.237 e. The van der Waals surface area contributed by atoms with Gasteiger partial charge in [0.05, 0.1) is 17.5 Å². The lowest BCUT2D eigenvalue weighted by molar-refractivity contribution is -0.123. The molecule has 2 amide bonds. The fourth-order valence-electron chi connectivity index (χ4n) is 5.24. The van der Waals surface area contributed by atoms with Gasteiger partial charge in [0.1, 0.15) is 5.75 Å². The number of carbonyl (C=O) groups is 3. The molecule has 2 aromatic carbocycles. The van der Waals surface area contributed by atoms with Crippen LogP contribution in [0.1, 0.15) is 29.6 Å². The molecule has 0 unspecified atom stereocenters. The van der Waals surface area contributed by atoms with Gasteiger partial charge in [-0.3, -0.25) is 14.4 Å². The zero-order valence-electron chi connectivity index (χ0n) is 15.7. The molecule has 29 heavy (non-hydrogen) atoms. The molecule has 1 heterocycles. The molecule has 5 rings (SSSR count). The Morgan fingerprint density at radius 1 is 1.00 bits per heavy atom. The Morgan fingerprint density at radius 2 is 1.66 bits per heavy atom. The van der Waals surface area contributed by atoms with E-state index < -0.39 is 0 Å². The summed E-state index contributed by atoms with van der Waals surface area (Å²) in [6, 6.07) is 13.5. The van der Waals surface area contributed by atoms with Gasteiger partial charge < -0.3 is 4.74 Å². The van der Waals surface area contributed by atoms with Crippen molar-refractivity contribution in [2.45, 2.75) is 19.3 Å². The Labute approximate surface area is 173 Å². The SMILES string of the molecule is O=C(COc1cccc(N2C(=O)[C@H]3[C@@H]4CC[C@@H](C4)[C@@H]3C2=O)c1)c1ccc(Cl)cc1. The van der Waals surface area contributed by atoms with Crippen molar-refractivity contribution in [3.8, 4) is 5.75 Å². The zero-order chi connectivity index (χ0) is 20.1. The Hall–Kier alpha value is -2.66. The summed E-state index contributed by atoms with van der Waals surface area (Å²) in [5, 5.41) is 0.563. The van der Waals surface area contributed by atoms with Crippen LogP contribution >= 0.6 is 11.6 Å². The molecule has 148 valence electrons. The van der Waals surface area contributed by atoms with Crippen LogP contribution in [-0.4, -0.2) is 24.2 Å². The molecule has 3 aliphatic rings. The summed E-state index contributed by atoms with van der Waals surface area (Å²) in [5.41, 5.74) is 1.03. The number of imide groups is 1. The monoisotopic (exact) mass is 409 g/mol. The van der Waals surface area contributed by atoms with Crippen molar-refractivity contribution in [1.29, 1.82) is 0 Å². The van der Waals surface area contributed by atoms with Crippen molar-refractivity contribution in [3.63, 3.8) is 0 Å². The summed E-state index contributed by atoms with van der Waals surface area (Å²) in [5.74, 6) is 0.500. The van der Waals surface area contributed by atoms with Crippen LogP contribution in [0.3, 0.4) is 0 Å². The number of carbonyl (C=O) groups excluding carboxylic acids is 3. The molecule has 1 aliphatic heterocycles. The minimum atomic E-state index is -0.175. The molecule has 0 N–H and O–H groups in total. The Morgan fingerprint density at radius 3 is 2.31 bits per heavy atom. The maximum atomic E-state index is 13.0. The second-order valence-electron chi connectivity index (χ2n) is 8.11. The minimum absolute atomic E-state index is 0.0819. The van der Waals surface area contributed by atoms with Gasteiger partial charge in [0.15, 0.2) is 12.4 Å². The molecular formula is C23H20ClNO4. The molecular weight excluding hydrogens is 390 g/mol. The second kappa shape index (κ2) is 6.99. The molecule has 4 atom stereocenters. The molecule has 2 aliphatic carbocycles. The number of halogens is 1. The summed E-state index contributed by atoms with van der Waals surface area (Å²) < 4.78 is 5.64. The molecule has 3 fully saturated rings. The van der Waals surface area contributed by atoms with Gasteiger partial charge >= 0.3 is 0 Å². The van der Waals surface area contributed by atoms with Crippen molar-refractivity contribution in [3.05, 3.63) is 59.1 Å². The van der Waals surface area contributed by atoms with Gasteiger partial charge in [-0.1, -0.05) is 17.7 Å². The first-order chi connectivity index (χ1) is 14.0. The molecule has 6 heteroatoms. The lowest BCUT2D eigenvalue weighted by Crippen LogP contribution is -2.32. The Bertz CT molecular complexity index is 974. The summed E-state index contributed by atoms with van der Waals surface area (Å²) in [4.78, 5) is 39.6. The van der Waals surface area contributed by atoms with Crippen molar-refractivity contribution in [2.24, 2.45) is 23.7 Å². The minimum Gasteiger partial charge on any atom is -0.485 e. The van der Waals surface area contributed by atoms with E-state index in [2.05, 4.69) is 0 Å². The van der Waals surface area contributed by atoms with Crippen LogP contribution in [0.25, 0.3) is 0 Å². The highest BCUT2D eigenvalue weighted by molar-refractivity contribution is 6.30. The van der Waals surface area contributed by atoms with Crippen LogP contribution in [0, 0.1) is 23.7 Å². The van der Waals surface area contributed by atoms with E-state index >= 15 is 0 Å². The second-order valence-corrected chi connectivity index (χ2v) is 8.55. The van der Waals surface area contributed by atoms with E-state index in [-0.39, 0.29) is 36.0 Å². The van der Waals surface area contributed by atoms with Crippen LogP contribution in [0.5, 0.6) is 5.75 Å². The van der Waals surface area contributed by atoms with Crippen LogP contribution < -0.4 is 9.64 Å². The quantitative estimate of drug-likeness (QED) is 0.550. The molecule has 1 saturated heterocycles. The largest absolute Gasteiger partial charge is 0.485 e. The molecule has 0 aromatic heterocycles. The van der Waals surface area contributed by atoms with E-state index in [1.807, 2.05) is 0 Å². The summed E-state index contributed by atoms with van der Waals surface area (Å²) in [6.45, 7) is -0.137. The number of ketones is 1. The molecule has 2 aromatic rings. The third kappa shape index (κ3) is 3.04. The first-order valence-electron chi connectivity index (χ1n) is 9.92. The van der Waals surface area contributed by atoms with E-state index in [0.29, 0.717) is 33.9 Å². The summed E-state index contributed by atoms with van der Waals surface area (Å²) in [6.07, 6.45) is 3.11. The zero-order valence-corrected chi connectivity index (χ0v) is 16.5. The lowest BCUT2D eigenvalue weighted by Gasteiger charge is -2.19. The average molecular weight is 410 g/mol. The van der Waals surface area contributed by atoms with E-state index in [1.165, 1.54) is 4.90 Å². The van der Waals surface area contributed by atoms with Gasteiger partial charge in [-0.25, -0.2) is 4.90 Å². The molecule has 0 radical (unpaired) electrons. The number of benzene rings is 2. The number of Topliss-reactive ketones (excluding diaryl/α,β-unsaturated/α-hetero) is 1. The standard InChI is InChI=1S/C23H20ClNO4/c24-16-8-6-13(7-9-16)19(26)12-29-18-3-1-2-17(11-18)25-22(27)20-14-4-5-15(10-14)21(20)23(25)28/h1-3,6-9,11,14-15,20-21H,4-5,10,12H2/t14-,15+,20-,21-/m0/s1. The highest BCUT2D eigenvalue weighted by Crippen LogP contribution is 2.56. The Balaban J connectivity index is 1.31. The van der Waals surface area contributed by atoms with Crippen molar-refractivity contribution in [1.82, 2.24) is 0 Å². The number of rotatable bonds is 5. The summed E-state index contributed by atoms with van der Waals surface area (Å²) >= 11 is 5.85. The van der Waals surface area contributed by atoms with Crippen LogP contribution in [0.2, 0.25) is 5.02 Å². The average Bonchev–Trinajstić information content (AvgIpc) is 3.41. The number of hydrogen-bond donors (Lipinski definition) is 0. The maximum absolute atomic E-state index is 13.0. The fourth-order valence-corrected chi connectivity index (χ4v) is 5.37. The smallest absolute Gasteiger partial charge is 0.237 e. The van der Waals surface area contributed by atoms with Gasteiger partial charge in [-0.2, -0.15) is 0 Å². The van der Waals surface area contributed by atoms with Gasteiger partial charge in [0.2, 0.25) is 11.8 Å². The van der Waals surface area contributed by atoms with Gasteiger partial charge in [0.25, 0.3) is 0 Å². The first-order valence-corrected chi connectivity index (χ1v) is 10.3. The predicted octanol–water partition coefficient (Wildman–Crippen LogP) is 4.14. The third-order valence-corrected chi connectivity index (χ3v) is 6.79. The highest BCUT2D eigenvalue weighted by Gasteiger charge is 2.61. The number of nitrogens with zero attached hydrogens (tertiary/aromatic N) is 1. The number of fused-ring (bicyclic) bond motifs is 5. The number of anilines is 1.